The molecule has 2 atom stereocenters. The van der Waals surface area contributed by atoms with E-state index in [1.165, 1.54) is 26.2 Å². The molecule has 2 aromatic rings. The van der Waals surface area contributed by atoms with Gasteiger partial charge in [-0.1, -0.05) is 42.5 Å². The number of methoxy groups -OCH3 is 1. The first kappa shape index (κ1) is 18.4. The van der Waals surface area contributed by atoms with E-state index in [4.69, 9.17) is 0 Å². The van der Waals surface area contributed by atoms with E-state index < -0.39 is 24.0 Å². The summed E-state index contributed by atoms with van der Waals surface area (Å²) in [6.07, 6.45) is -1.10. The summed E-state index contributed by atoms with van der Waals surface area (Å²) in [6.45, 7) is 1.38. The maximum absolute atomic E-state index is 12.3. The standard InChI is InChI=1S/C19H19NO5/c1-12(21)16(19(24)25-2)20-18(23)15-10-8-14(9-11-15)17(22)13-6-4-3-5-7-13/h3-12,16,21H,1-2H3,(H,20,23)/t12?,16-/m0/s1. The van der Waals surface area contributed by atoms with E-state index >= 15 is 0 Å². The molecular weight excluding hydrogens is 322 g/mol. The normalized spacial score (nSPS) is 12.8. The van der Waals surface area contributed by atoms with Crippen molar-refractivity contribution in [2.75, 3.05) is 7.11 Å². The van der Waals surface area contributed by atoms with Crippen molar-refractivity contribution >= 4 is 17.7 Å². The van der Waals surface area contributed by atoms with Crippen molar-refractivity contribution in [1.82, 2.24) is 5.32 Å². The summed E-state index contributed by atoms with van der Waals surface area (Å²) in [4.78, 5) is 36.1. The number of carbonyl (C=O) groups is 3. The number of aliphatic hydroxyl groups excluding tert-OH is 1. The molecule has 2 aromatic carbocycles. The zero-order valence-electron chi connectivity index (χ0n) is 13.9. The molecule has 0 bridgehead atoms. The SMILES string of the molecule is COC(=O)[C@@H](NC(=O)c1ccc(C(=O)c2ccccc2)cc1)C(C)O. The number of ketones is 1. The second kappa shape index (κ2) is 8.21. The fourth-order valence-electron chi connectivity index (χ4n) is 2.26. The Kier molecular flexibility index (Phi) is 6.03. The van der Waals surface area contributed by atoms with Crippen LogP contribution in [-0.4, -0.2) is 42.0 Å². The lowest BCUT2D eigenvalue weighted by molar-refractivity contribution is -0.145. The van der Waals surface area contributed by atoms with Crippen LogP contribution in [0.5, 0.6) is 0 Å². The average molecular weight is 341 g/mol. The minimum absolute atomic E-state index is 0.149. The molecule has 1 unspecified atom stereocenters. The molecule has 0 spiro atoms. The summed E-state index contributed by atoms with van der Waals surface area (Å²) in [5, 5.41) is 12.0. The summed E-state index contributed by atoms with van der Waals surface area (Å²) in [5.74, 6) is -1.43. The van der Waals surface area contributed by atoms with E-state index in [-0.39, 0.29) is 11.3 Å². The highest BCUT2D eigenvalue weighted by atomic mass is 16.5. The van der Waals surface area contributed by atoms with Gasteiger partial charge in [-0.25, -0.2) is 4.79 Å². The van der Waals surface area contributed by atoms with Gasteiger partial charge in [0.2, 0.25) is 0 Å². The number of hydrogen-bond donors (Lipinski definition) is 2. The van der Waals surface area contributed by atoms with Crippen molar-refractivity contribution in [2.45, 2.75) is 19.1 Å². The first-order chi connectivity index (χ1) is 11.9. The molecule has 0 heterocycles. The third-order valence-corrected chi connectivity index (χ3v) is 3.67. The fourth-order valence-corrected chi connectivity index (χ4v) is 2.26. The second-order valence-electron chi connectivity index (χ2n) is 5.49. The number of hydrogen-bond acceptors (Lipinski definition) is 5. The van der Waals surface area contributed by atoms with Gasteiger partial charge >= 0.3 is 5.97 Å². The molecular formula is C19H19NO5. The molecule has 0 aliphatic carbocycles. The Hall–Kier alpha value is -2.99. The van der Waals surface area contributed by atoms with Crippen molar-refractivity contribution in [3.05, 3.63) is 71.3 Å². The Balaban J connectivity index is 2.12. The molecule has 2 N–H and O–H groups in total. The average Bonchev–Trinajstić information content (AvgIpc) is 2.65. The zero-order chi connectivity index (χ0) is 18.4. The summed E-state index contributed by atoms with van der Waals surface area (Å²) in [7, 11) is 1.17. The highest BCUT2D eigenvalue weighted by Crippen LogP contribution is 2.11. The van der Waals surface area contributed by atoms with Crippen LogP contribution in [-0.2, 0) is 9.53 Å². The fraction of sp³-hybridized carbons (Fsp3) is 0.211. The predicted molar refractivity (Wildman–Crippen MR) is 91.3 cm³/mol. The molecule has 25 heavy (non-hydrogen) atoms. The molecule has 130 valence electrons. The van der Waals surface area contributed by atoms with Crippen LogP contribution >= 0.6 is 0 Å². The Morgan fingerprint density at radius 2 is 1.44 bits per heavy atom. The summed E-state index contributed by atoms with van der Waals surface area (Å²) in [6, 6.07) is 13.7. The van der Waals surface area contributed by atoms with Gasteiger partial charge in [0, 0.05) is 16.7 Å². The van der Waals surface area contributed by atoms with Crippen LogP contribution in [0.25, 0.3) is 0 Å². The van der Waals surface area contributed by atoms with Crippen LogP contribution in [0.4, 0.5) is 0 Å². The lowest BCUT2D eigenvalue weighted by atomic mass is 10.0. The quantitative estimate of drug-likeness (QED) is 0.614. The summed E-state index contributed by atoms with van der Waals surface area (Å²) < 4.78 is 4.55. The van der Waals surface area contributed by atoms with Gasteiger partial charge in [0.25, 0.3) is 5.91 Å². The number of ether oxygens (including phenoxy) is 1. The van der Waals surface area contributed by atoms with Crippen molar-refractivity contribution in [2.24, 2.45) is 0 Å². The van der Waals surface area contributed by atoms with Gasteiger partial charge in [-0.2, -0.15) is 0 Å². The predicted octanol–water partition coefficient (Wildman–Crippen LogP) is 1.57. The van der Waals surface area contributed by atoms with Crippen molar-refractivity contribution < 1.29 is 24.2 Å². The van der Waals surface area contributed by atoms with Gasteiger partial charge in [0.15, 0.2) is 11.8 Å². The third-order valence-electron chi connectivity index (χ3n) is 3.67. The maximum Gasteiger partial charge on any atom is 0.331 e. The first-order valence-electron chi connectivity index (χ1n) is 7.70. The van der Waals surface area contributed by atoms with Crippen molar-refractivity contribution in [1.29, 1.82) is 0 Å². The monoisotopic (exact) mass is 341 g/mol. The number of nitrogens with one attached hydrogen (secondary N) is 1. The topological polar surface area (TPSA) is 92.7 Å². The van der Waals surface area contributed by atoms with Gasteiger partial charge in [-0.05, 0) is 19.1 Å². The van der Waals surface area contributed by atoms with Gasteiger partial charge < -0.3 is 15.2 Å². The van der Waals surface area contributed by atoms with E-state index in [0.29, 0.717) is 11.1 Å². The third kappa shape index (κ3) is 4.51. The van der Waals surface area contributed by atoms with E-state index in [1.807, 2.05) is 6.07 Å². The zero-order valence-corrected chi connectivity index (χ0v) is 13.9. The second-order valence-corrected chi connectivity index (χ2v) is 5.49. The van der Waals surface area contributed by atoms with Crippen molar-refractivity contribution in [3.63, 3.8) is 0 Å². The van der Waals surface area contributed by atoms with Gasteiger partial charge in [0.05, 0.1) is 13.2 Å². The highest BCUT2D eigenvalue weighted by molar-refractivity contribution is 6.09. The molecule has 0 aromatic heterocycles. The lowest BCUT2D eigenvalue weighted by Gasteiger charge is -2.18. The number of carbonyl (C=O) groups excluding carboxylic acids is 3. The smallest absolute Gasteiger partial charge is 0.331 e. The van der Waals surface area contributed by atoms with Crippen LogP contribution in [0, 0.1) is 0 Å². The van der Waals surface area contributed by atoms with Gasteiger partial charge in [-0.15, -0.1) is 0 Å². The minimum Gasteiger partial charge on any atom is -0.467 e. The van der Waals surface area contributed by atoms with Crippen LogP contribution in [0.2, 0.25) is 0 Å². The molecule has 0 radical (unpaired) electrons. The van der Waals surface area contributed by atoms with Crippen LogP contribution in [0.15, 0.2) is 54.6 Å². The number of rotatable bonds is 6. The molecule has 0 aliphatic rings. The highest BCUT2D eigenvalue weighted by Gasteiger charge is 2.26. The van der Waals surface area contributed by atoms with Crippen LogP contribution in [0.1, 0.15) is 33.2 Å². The Labute approximate surface area is 145 Å². The number of aliphatic hydroxyl groups is 1. The lowest BCUT2D eigenvalue weighted by Crippen LogP contribution is -2.48. The largest absolute Gasteiger partial charge is 0.467 e. The Morgan fingerprint density at radius 3 is 1.96 bits per heavy atom. The van der Waals surface area contributed by atoms with Crippen LogP contribution < -0.4 is 5.32 Å². The Morgan fingerprint density at radius 1 is 0.920 bits per heavy atom. The minimum atomic E-state index is -1.16. The number of esters is 1. The first-order valence-corrected chi connectivity index (χ1v) is 7.70. The maximum atomic E-state index is 12.3. The molecule has 0 aliphatic heterocycles. The molecule has 1 amide bonds. The van der Waals surface area contributed by atoms with Gasteiger partial charge in [0.1, 0.15) is 0 Å². The van der Waals surface area contributed by atoms with E-state index in [0.717, 1.165) is 0 Å². The molecule has 0 fully saturated rings. The number of benzene rings is 2. The van der Waals surface area contributed by atoms with E-state index in [2.05, 4.69) is 10.1 Å². The van der Waals surface area contributed by atoms with Gasteiger partial charge in [-0.3, -0.25) is 9.59 Å². The summed E-state index contributed by atoms with van der Waals surface area (Å²) in [5.41, 5.74) is 1.27. The molecule has 6 nitrogen and oxygen atoms in total. The molecule has 2 rings (SSSR count). The van der Waals surface area contributed by atoms with E-state index in [9.17, 15) is 19.5 Å². The molecule has 0 saturated carbocycles. The number of amides is 1. The molecule has 6 heteroatoms. The summed E-state index contributed by atoms with van der Waals surface area (Å²) >= 11 is 0. The van der Waals surface area contributed by atoms with Crippen LogP contribution in [0.3, 0.4) is 0 Å². The van der Waals surface area contributed by atoms with Crippen molar-refractivity contribution in [3.8, 4) is 0 Å². The van der Waals surface area contributed by atoms with E-state index in [1.54, 1.807) is 36.4 Å². The Bertz CT molecular complexity index is 753. The molecule has 0 saturated heterocycles.